The molecule has 2 atom stereocenters. The summed E-state index contributed by atoms with van der Waals surface area (Å²) in [7, 11) is 0. The van der Waals surface area contributed by atoms with Crippen LogP contribution < -0.4 is 0 Å². The van der Waals surface area contributed by atoms with Gasteiger partial charge in [0.2, 0.25) is 5.91 Å². The molecule has 2 heterocycles. The van der Waals surface area contributed by atoms with Gasteiger partial charge in [-0.1, -0.05) is 30.3 Å². The third-order valence-corrected chi connectivity index (χ3v) is 3.96. The molecule has 0 N–H and O–H groups in total. The second-order valence-electron chi connectivity index (χ2n) is 5.27. The lowest BCUT2D eigenvalue weighted by molar-refractivity contribution is -0.129. The first-order valence-corrected chi connectivity index (χ1v) is 6.93. The molecule has 21 heavy (non-hydrogen) atoms. The molecule has 1 saturated heterocycles. The van der Waals surface area contributed by atoms with E-state index in [0.29, 0.717) is 12.2 Å². The van der Waals surface area contributed by atoms with Gasteiger partial charge in [-0.25, -0.2) is 4.98 Å². The first-order chi connectivity index (χ1) is 10.2. The highest BCUT2D eigenvalue weighted by molar-refractivity contribution is 5.99. The van der Waals surface area contributed by atoms with E-state index < -0.39 is 0 Å². The lowest BCUT2D eigenvalue weighted by Gasteiger charge is -2.25. The molecular formula is C16H16N2O3. The van der Waals surface area contributed by atoms with Crippen LogP contribution in [0, 0.1) is 5.92 Å². The smallest absolute Gasteiger partial charge is 0.223 e. The van der Waals surface area contributed by atoms with Crippen molar-refractivity contribution in [3.8, 4) is 0 Å². The maximum atomic E-state index is 12.3. The van der Waals surface area contributed by atoms with Gasteiger partial charge in [-0.05, 0) is 12.5 Å². The molecule has 2 aromatic rings. The molecule has 0 bridgehead atoms. The number of hydrogen-bond acceptors (Lipinski definition) is 4. The van der Waals surface area contributed by atoms with Gasteiger partial charge in [0.1, 0.15) is 12.0 Å². The molecule has 1 amide bonds. The fourth-order valence-corrected chi connectivity index (χ4v) is 2.74. The lowest BCUT2D eigenvalue weighted by Crippen LogP contribution is -2.29. The quantitative estimate of drug-likeness (QED) is 0.809. The highest BCUT2D eigenvalue weighted by atomic mass is 16.3. The van der Waals surface area contributed by atoms with E-state index in [1.807, 2.05) is 37.3 Å². The van der Waals surface area contributed by atoms with Crippen LogP contribution in [0.5, 0.6) is 0 Å². The molecule has 0 radical (unpaired) electrons. The maximum Gasteiger partial charge on any atom is 0.223 e. The van der Waals surface area contributed by atoms with Crippen LogP contribution in [0.4, 0.5) is 0 Å². The summed E-state index contributed by atoms with van der Waals surface area (Å²) in [5.74, 6) is -0.457. The summed E-state index contributed by atoms with van der Waals surface area (Å²) in [5.41, 5.74) is 1.36. The number of carbonyl (C=O) groups excluding carboxylic acids is 2. The van der Waals surface area contributed by atoms with Gasteiger partial charge in [0.25, 0.3) is 0 Å². The zero-order valence-corrected chi connectivity index (χ0v) is 11.7. The largest absolute Gasteiger partial charge is 0.451 e. The molecule has 1 fully saturated rings. The zero-order valence-electron chi connectivity index (χ0n) is 11.7. The minimum absolute atomic E-state index is 0.00759. The Hall–Kier alpha value is -2.43. The van der Waals surface area contributed by atoms with E-state index in [9.17, 15) is 9.59 Å². The van der Waals surface area contributed by atoms with E-state index in [0.717, 1.165) is 5.56 Å². The van der Waals surface area contributed by atoms with Crippen LogP contribution in [0.3, 0.4) is 0 Å². The minimum Gasteiger partial charge on any atom is -0.451 e. The third kappa shape index (κ3) is 2.59. The van der Waals surface area contributed by atoms with Crippen molar-refractivity contribution < 1.29 is 14.0 Å². The van der Waals surface area contributed by atoms with Crippen LogP contribution in [0.15, 0.2) is 47.4 Å². The zero-order chi connectivity index (χ0) is 14.8. The number of ketones is 1. The van der Waals surface area contributed by atoms with Crippen molar-refractivity contribution in [2.75, 3.05) is 6.54 Å². The number of hydrogen-bond donors (Lipinski definition) is 0. The van der Waals surface area contributed by atoms with Crippen LogP contribution in [-0.4, -0.2) is 28.1 Å². The van der Waals surface area contributed by atoms with Crippen molar-refractivity contribution in [2.45, 2.75) is 19.4 Å². The van der Waals surface area contributed by atoms with E-state index in [1.165, 1.54) is 12.7 Å². The van der Waals surface area contributed by atoms with Crippen molar-refractivity contribution in [1.29, 1.82) is 0 Å². The molecule has 0 spiro atoms. The molecule has 3 rings (SSSR count). The number of amides is 1. The Labute approximate surface area is 122 Å². The predicted molar refractivity (Wildman–Crippen MR) is 75.5 cm³/mol. The van der Waals surface area contributed by atoms with E-state index >= 15 is 0 Å². The van der Waals surface area contributed by atoms with Crippen molar-refractivity contribution >= 4 is 11.7 Å². The topological polar surface area (TPSA) is 63.4 Å². The Bertz CT molecular complexity index is 637. The second-order valence-corrected chi connectivity index (χ2v) is 5.27. The SMILES string of the molecule is C[C@H](c1ccccc1)N1CC(C(=O)c2cocn2)CC1=O. The van der Waals surface area contributed by atoms with Crippen molar-refractivity contribution in [3.63, 3.8) is 0 Å². The van der Waals surface area contributed by atoms with Gasteiger partial charge < -0.3 is 9.32 Å². The molecule has 1 aromatic heterocycles. The highest BCUT2D eigenvalue weighted by Gasteiger charge is 2.37. The van der Waals surface area contributed by atoms with E-state index in [4.69, 9.17) is 4.42 Å². The van der Waals surface area contributed by atoms with Crippen molar-refractivity contribution in [3.05, 3.63) is 54.2 Å². The number of Topliss-reactive ketones (excluding diaryl/α,β-unsaturated/α-hetero) is 1. The standard InChI is InChI=1S/C16H16N2O3/c1-11(12-5-3-2-4-6-12)18-8-13(7-15(18)19)16(20)14-9-21-10-17-14/h2-6,9-11,13H,7-8H2,1H3/t11-,13?/m1/s1. The first kappa shape index (κ1) is 13.5. The van der Waals surface area contributed by atoms with Crippen molar-refractivity contribution in [1.82, 2.24) is 9.88 Å². The number of oxazole rings is 1. The van der Waals surface area contributed by atoms with Gasteiger partial charge in [-0.3, -0.25) is 9.59 Å². The van der Waals surface area contributed by atoms with E-state index in [-0.39, 0.29) is 30.1 Å². The molecule has 5 nitrogen and oxygen atoms in total. The Morgan fingerprint density at radius 3 is 2.81 bits per heavy atom. The summed E-state index contributed by atoms with van der Waals surface area (Å²) in [6.07, 6.45) is 2.80. The molecule has 0 aliphatic carbocycles. The van der Waals surface area contributed by atoms with Crippen LogP contribution in [0.25, 0.3) is 0 Å². The molecule has 5 heteroatoms. The van der Waals surface area contributed by atoms with Crippen molar-refractivity contribution in [2.24, 2.45) is 5.92 Å². The average Bonchev–Trinajstić information content (AvgIpc) is 3.16. The first-order valence-electron chi connectivity index (χ1n) is 6.93. The summed E-state index contributed by atoms with van der Waals surface area (Å²) in [6, 6.07) is 9.79. The molecule has 1 aliphatic heterocycles. The number of carbonyl (C=O) groups is 2. The number of aromatic nitrogens is 1. The lowest BCUT2D eigenvalue weighted by atomic mass is 10.0. The van der Waals surface area contributed by atoms with Gasteiger partial charge in [0, 0.05) is 13.0 Å². The summed E-state index contributed by atoms with van der Waals surface area (Å²) in [4.78, 5) is 30.1. The molecule has 1 aromatic carbocycles. The fourth-order valence-electron chi connectivity index (χ4n) is 2.74. The van der Waals surface area contributed by atoms with Gasteiger partial charge in [0.05, 0.1) is 12.0 Å². The Morgan fingerprint density at radius 2 is 2.14 bits per heavy atom. The summed E-state index contributed by atoms with van der Waals surface area (Å²) in [6.45, 7) is 2.41. The monoisotopic (exact) mass is 284 g/mol. The molecular weight excluding hydrogens is 268 g/mol. The van der Waals surface area contributed by atoms with Gasteiger partial charge >= 0.3 is 0 Å². The van der Waals surface area contributed by atoms with Crippen LogP contribution in [0.1, 0.15) is 35.4 Å². The van der Waals surface area contributed by atoms with Crippen LogP contribution in [0.2, 0.25) is 0 Å². The fraction of sp³-hybridized carbons (Fsp3) is 0.312. The normalized spacial score (nSPS) is 19.8. The average molecular weight is 284 g/mol. The highest BCUT2D eigenvalue weighted by Crippen LogP contribution is 2.29. The number of rotatable bonds is 4. The van der Waals surface area contributed by atoms with Gasteiger partial charge in [0.15, 0.2) is 12.2 Å². The van der Waals surface area contributed by atoms with Crippen LogP contribution in [-0.2, 0) is 4.79 Å². The maximum absolute atomic E-state index is 12.3. The number of benzene rings is 1. The summed E-state index contributed by atoms with van der Waals surface area (Å²) < 4.78 is 4.84. The van der Waals surface area contributed by atoms with E-state index in [2.05, 4.69) is 4.98 Å². The molecule has 1 unspecified atom stereocenters. The van der Waals surface area contributed by atoms with E-state index in [1.54, 1.807) is 4.90 Å². The Morgan fingerprint density at radius 1 is 1.38 bits per heavy atom. The summed E-state index contributed by atoms with van der Waals surface area (Å²) in [5, 5.41) is 0. The summed E-state index contributed by atoms with van der Waals surface area (Å²) >= 11 is 0. The Balaban J connectivity index is 1.75. The molecule has 1 aliphatic rings. The number of likely N-dealkylation sites (tertiary alicyclic amines) is 1. The molecule has 0 saturated carbocycles. The van der Waals surface area contributed by atoms with Gasteiger partial charge in [-0.15, -0.1) is 0 Å². The molecule has 108 valence electrons. The predicted octanol–water partition coefficient (Wildman–Crippen LogP) is 2.47. The Kier molecular flexibility index (Phi) is 3.56. The van der Waals surface area contributed by atoms with Gasteiger partial charge in [-0.2, -0.15) is 0 Å². The minimum atomic E-state index is -0.339. The number of nitrogens with zero attached hydrogens (tertiary/aromatic N) is 2. The second kappa shape index (κ2) is 5.52. The third-order valence-electron chi connectivity index (χ3n) is 3.96. The van der Waals surface area contributed by atoms with Crippen LogP contribution >= 0.6 is 0 Å².